The second kappa shape index (κ2) is 14.6. The van der Waals surface area contributed by atoms with E-state index in [-0.39, 0.29) is 25.0 Å². The van der Waals surface area contributed by atoms with E-state index < -0.39 is 17.4 Å². The Bertz CT molecular complexity index is 1980. The molecule has 2 heterocycles. The quantitative estimate of drug-likeness (QED) is 0.0911. The number of nitrogens with zero attached hydrogens (tertiary/aromatic N) is 4. The zero-order chi connectivity index (χ0) is 34.5. The number of carbonyl (C=O) groups is 2. The first kappa shape index (κ1) is 33.8. The number of aliphatic hydroxyl groups is 2. The molecule has 0 bridgehead atoms. The highest BCUT2D eigenvalue weighted by atomic mass is 79.9. The van der Waals surface area contributed by atoms with E-state index >= 15 is 0 Å². The number of allylic oxidation sites excluding steroid dienone is 1. The van der Waals surface area contributed by atoms with Gasteiger partial charge in [0, 0.05) is 45.6 Å². The minimum absolute atomic E-state index is 0.0755. The van der Waals surface area contributed by atoms with Gasteiger partial charge in [0.15, 0.2) is 5.60 Å². The van der Waals surface area contributed by atoms with Gasteiger partial charge in [-0.3, -0.25) is 14.3 Å². The number of fused-ring (bicyclic) bond motifs is 1. The molecule has 0 saturated carbocycles. The number of halogens is 1. The first-order chi connectivity index (χ1) is 23.7. The molecule has 11 heteroatoms. The van der Waals surface area contributed by atoms with E-state index in [9.17, 15) is 19.8 Å². The first-order valence-corrected chi connectivity index (χ1v) is 16.8. The summed E-state index contributed by atoms with van der Waals surface area (Å²) in [4.78, 5) is 28.5. The lowest BCUT2D eigenvalue weighted by Crippen LogP contribution is -2.44. The van der Waals surface area contributed by atoms with Crippen LogP contribution in [0.5, 0.6) is 0 Å². The van der Waals surface area contributed by atoms with Gasteiger partial charge in [-0.25, -0.2) is 0 Å². The van der Waals surface area contributed by atoms with Gasteiger partial charge in [-0.15, -0.1) is 5.10 Å². The zero-order valence-corrected chi connectivity index (χ0v) is 28.5. The van der Waals surface area contributed by atoms with Gasteiger partial charge in [0.1, 0.15) is 0 Å². The molecule has 1 unspecified atom stereocenters. The molecule has 0 fully saturated rings. The molecule has 6 rings (SSSR count). The van der Waals surface area contributed by atoms with E-state index in [4.69, 9.17) is 5.73 Å². The van der Waals surface area contributed by atoms with Crippen molar-refractivity contribution in [2.75, 3.05) is 22.6 Å². The molecule has 10 nitrogen and oxygen atoms in total. The number of nitrogen functional groups attached to an aromatic ring is 1. The number of hydrogen-bond acceptors (Lipinski definition) is 7. The summed E-state index contributed by atoms with van der Waals surface area (Å²) in [7, 11) is 0. The molecule has 1 aliphatic rings. The molecule has 0 radical (unpaired) electrons. The van der Waals surface area contributed by atoms with E-state index in [0.29, 0.717) is 46.8 Å². The second-order valence-electron chi connectivity index (χ2n) is 12.2. The second-order valence-corrected chi connectivity index (χ2v) is 13.1. The van der Waals surface area contributed by atoms with Gasteiger partial charge < -0.3 is 26.2 Å². The van der Waals surface area contributed by atoms with Crippen LogP contribution in [0.2, 0.25) is 0 Å². The van der Waals surface area contributed by atoms with E-state index in [2.05, 4.69) is 31.6 Å². The topological polar surface area (TPSA) is 147 Å². The Morgan fingerprint density at radius 1 is 1.04 bits per heavy atom. The van der Waals surface area contributed by atoms with Crippen LogP contribution in [0.25, 0.3) is 0 Å². The summed E-state index contributed by atoms with van der Waals surface area (Å²) in [6, 6.07) is 29.1. The smallest absolute Gasteiger partial charge is 0.264 e. The van der Waals surface area contributed by atoms with Gasteiger partial charge in [-0.1, -0.05) is 82.7 Å². The number of aromatic nitrogens is 3. The number of carbonyl (C=O) groups excluding carboxylic acids is 2. The van der Waals surface area contributed by atoms with Crippen molar-refractivity contribution in [2.24, 2.45) is 5.92 Å². The third-order valence-corrected chi connectivity index (χ3v) is 9.33. The van der Waals surface area contributed by atoms with Crippen LogP contribution in [0.3, 0.4) is 0 Å². The number of amides is 2. The lowest BCUT2D eigenvalue weighted by molar-refractivity contribution is -0.139. The lowest BCUT2D eigenvalue weighted by atomic mass is 9.83. The average Bonchev–Trinajstić information content (AvgIpc) is 3.65. The fraction of sp³-hybridized carbons (Fsp3) is 0.211. The van der Waals surface area contributed by atoms with E-state index in [1.807, 2.05) is 85.9 Å². The minimum Gasteiger partial charge on any atom is -0.399 e. The highest BCUT2D eigenvalue weighted by molar-refractivity contribution is 9.10. The number of anilines is 3. The molecule has 1 aromatic heterocycles. The number of nitrogens with one attached hydrogen (secondary N) is 1. The predicted octanol–water partition coefficient (Wildman–Crippen LogP) is 6.02. The standard InChI is InChI=1S/C38H37BrN6O4/c1-25(8-5-6-19-44-23-34(42-43-44)32(24-46)27-10-3-2-4-11-27)38(49)33-21-29(39)15-18-35(33)45(37(38)48)22-26-9-7-12-31(20-26)41-36(47)28-13-16-30(40)17-14-28/h2-5,7-18,20-21,23,25,32,46,49H,6,19,22,24,40H2,1H3,(H,41,47)/b8-5+/t25-,32?,38+/m1/s1. The highest BCUT2D eigenvalue weighted by Crippen LogP contribution is 2.46. The van der Waals surface area contributed by atoms with Gasteiger partial charge in [-0.2, -0.15) is 0 Å². The lowest BCUT2D eigenvalue weighted by Gasteiger charge is -2.28. The maximum atomic E-state index is 14.1. The molecule has 0 aliphatic carbocycles. The van der Waals surface area contributed by atoms with Crippen LogP contribution < -0.4 is 16.0 Å². The Morgan fingerprint density at radius 2 is 1.82 bits per heavy atom. The van der Waals surface area contributed by atoms with Crippen molar-refractivity contribution in [3.8, 4) is 0 Å². The fourth-order valence-electron chi connectivity index (χ4n) is 6.13. The van der Waals surface area contributed by atoms with Crippen molar-refractivity contribution < 1.29 is 19.8 Å². The van der Waals surface area contributed by atoms with Crippen LogP contribution in [0.1, 0.15) is 52.0 Å². The summed E-state index contributed by atoms with van der Waals surface area (Å²) in [5, 5.41) is 33.5. The van der Waals surface area contributed by atoms with Gasteiger partial charge in [-0.05, 0) is 72.1 Å². The summed E-state index contributed by atoms with van der Waals surface area (Å²) < 4.78 is 2.48. The summed E-state index contributed by atoms with van der Waals surface area (Å²) in [5.41, 5.74) is 9.18. The van der Waals surface area contributed by atoms with Crippen molar-refractivity contribution in [1.29, 1.82) is 0 Å². The monoisotopic (exact) mass is 720 g/mol. The first-order valence-electron chi connectivity index (χ1n) is 16.0. The SMILES string of the molecule is C[C@H](/C=C/CCn1cc(C(CO)c2ccccc2)nn1)[C@@]1(O)C(=O)N(Cc2cccc(NC(=O)c3ccc(N)cc3)c2)c2ccc(Br)cc21. The third-order valence-electron chi connectivity index (χ3n) is 8.84. The van der Waals surface area contributed by atoms with Gasteiger partial charge in [0.25, 0.3) is 11.8 Å². The molecule has 1 aliphatic heterocycles. The average molecular weight is 722 g/mol. The summed E-state index contributed by atoms with van der Waals surface area (Å²) in [6.07, 6.45) is 6.23. The Morgan fingerprint density at radius 3 is 2.57 bits per heavy atom. The van der Waals surface area contributed by atoms with Crippen LogP contribution in [-0.4, -0.2) is 43.6 Å². The van der Waals surface area contributed by atoms with Crippen LogP contribution in [0, 0.1) is 5.92 Å². The van der Waals surface area contributed by atoms with E-state index in [0.717, 1.165) is 15.6 Å². The maximum absolute atomic E-state index is 14.1. The molecule has 250 valence electrons. The summed E-state index contributed by atoms with van der Waals surface area (Å²) in [6.45, 7) is 2.49. The Balaban J connectivity index is 1.14. The van der Waals surface area contributed by atoms with Crippen molar-refractivity contribution in [2.45, 2.75) is 38.0 Å². The van der Waals surface area contributed by atoms with Gasteiger partial charge in [0.2, 0.25) is 0 Å². The molecule has 0 saturated heterocycles. The summed E-state index contributed by atoms with van der Waals surface area (Å²) >= 11 is 3.51. The molecule has 0 spiro atoms. The van der Waals surface area contributed by atoms with E-state index in [1.165, 1.54) is 0 Å². The predicted molar refractivity (Wildman–Crippen MR) is 193 cm³/mol. The highest BCUT2D eigenvalue weighted by Gasteiger charge is 2.52. The number of rotatable bonds is 12. The van der Waals surface area contributed by atoms with Gasteiger partial charge >= 0.3 is 0 Å². The molecular weight excluding hydrogens is 684 g/mol. The van der Waals surface area contributed by atoms with Crippen LogP contribution in [0.4, 0.5) is 17.1 Å². The molecule has 2 amide bonds. The van der Waals surface area contributed by atoms with Gasteiger partial charge in [0.05, 0.1) is 30.5 Å². The Hall–Kier alpha value is -5.10. The molecule has 3 atom stereocenters. The minimum atomic E-state index is -1.79. The van der Waals surface area contributed by atoms with Crippen molar-refractivity contribution in [3.05, 3.63) is 148 Å². The summed E-state index contributed by atoms with van der Waals surface area (Å²) in [5.74, 6) is -1.51. The molecular formula is C38H37BrN6O4. The van der Waals surface area contributed by atoms with Crippen molar-refractivity contribution in [3.63, 3.8) is 0 Å². The maximum Gasteiger partial charge on any atom is 0.264 e. The molecule has 49 heavy (non-hydrogen) atoms. The Kier molecular flexibility index (Phi) is 10.0. The van der Waals surface area contributed by atoms with Crippen molar-refractivity contribution >= 4 is 44.8 Å². The molecule has 4 aromatic carbocycles. The molecule has 5 N–H and O–H groups in total. The normalized spacial score (nSPS) is 16.9. The number of aliphatic hydroxyl groups excluding tert-OH is 1. The largest absolute Gasteiger partial charge is 0.399 e. The fourth-order valence-corrected chi connectivity index (χ4v) is 6.49. The van der Waals surface area contributed by atoms with Crippen LogP contribution in [-0.2, 0) is 23.5 Å². The third kappa shape index (κ3) is 7.19. The number of hydrogen-bond donors (Lipinski definition) is 4. The van der Waals surface area contributed by atoms with Crippen LogP contribution >= 0.6 is 15.9 Å². The number of benzene rings is 4. The number of nitrogens with two attached hydrogens (primary N) is 1. The van der Waals surface area contributed by atoms with Crippen LogP contribution in [0.15, 0.2) is 120 Å². The zero-order valence-electron chi connectivity index (χ0n) is 26.9. The Labute approximate surface area is 293 Å². The number of aryl methyl sites for hydroxylation is 1. The van der Waals surface area contributed by atoms with Crippen molar-refractivity contribution in [1.82, 2.24) is 15.0 Å². The molecule has 5 aromatic rings. The van der Waals surface area contributed by atoms with E-state index in [1.54, 1.807) is 46.0 Å².